The van der Waals surface area contributed by atoms with Crippen molar-refractivity contribution in [3.05, 3.63) is 0 Å². The summed E-state index contributed by atoms with van der Waals surface area (Å²) in [6, 6.07) is -0.314. The van der Waals surface area contributed by atoms with Crippen molar-refractivity contribution < 1.29 is 14.7 Å². The monoisotopic (exact) mass is 225 g/mol. The van der Waals surface area contributed by atoms with Gasteiger partial charge in [0.1, 0.15) is 0 Å². The molecule has 2 unspecified atom stereocenters. The summed E-state index contributed by atoms with van der Waals surface area (Å²) in [7, 11) is 0. The molecule has 0 radical (unpaired) electrons. The molecule has 0 spiro atoms. The van der Waals surface area contributed by atoms with E-state index in [0.29, 0.717) is 6.42 Å². The number of likely N-dealkylation sites (tertiary alicyclic amines) is 1. The largest absolute Gasteiger partial charge is 0.394 e. The fourth-order valence-corrected chi connectivity index (χ4v) is 2.94. The summed E-state index contributed by atoms with van der Waals surface area (Å²) in [5, 5.41) is 9.21. The summed E-state index contributed by atoms with van der Waals surface area (Å²) in [6.45, 7) is 1.77. The Labute approximate surface area is 95.6 Å². The first-order chi connectivity index (χ1) is 7.70. The Morgan fingerprint density at radius 2 is 1.75 bits per heavy atom. The third kappa shape index (κ3) is 1.65. The van der Waals surface area contributed by atoms with Crippen LogP contribution in [-0.4, -0.2) is 34.5 Å². The number of hydrogen-bond donors (Lipinski definition) is 1. The standard InChI is InChI=1S/C12H19NO3/c1-2-8(7-14)13-11(15)9-5-3-4-6-10(9)12(13)16/h8-10,14H,2-7H2,1H3/t8-,9?,10?/m1/s1. The van der Waals surface area contributed by atoms with Crippen molar-refractivity contribution in [1.29, 1.82) is 0 Å². The third-order valence-corrected chi connectivity index (χ3v) is 3.92. The Balaban J connectivity index is 2.21. The summed E-state index contributed by atoms with van der Waals surface area (Å²) in [4.78, 5) is 25.5. The molecule has 4 nitrogen and oxygen atoms in total. The molecular formula is C12H19NO3. The van der Waals surface area contributed by atoms with Crippen molar-refractivity contribution in [3.63, 3.8) is 0 Å². The SMILES string of the molecule is CC[C@H](CO)N1C(=O)C2CCCCC2C1=O. The minimum atomic E-state index is -0.314. The minimum absolute atomic E-state index is 0.0457. The molecule has 1 saturated carbocycles. The maximum Gasteiger partial charge on any atom is 0.233 e. The second kappa shape index (κ2) is 4.53. The van der Waals surface area contributed by atoms with Gasteiger partial charge < -0.3 is 5.11 Å². The number of carbonyl (C=O) groups is 2. The van der Waals surface area contributed by atoms with Gasteiger partial charge in [0.25, 0.3) is 0 Å². The second-order valence-corrected chi connectivity index (χ2v) is 4.79. The highest BCUT2D eigenvalue weighted by Gasteiger charge is 2.49. The van der Waals surface area contributed by atoms with Gasteiger partial charge in [-0.15, -0.1) is 0 Å². The molecule has 2 amide bonds. The highest BCUT2D eigenvalue weighted by atomic mass is 16.3. The van der Waals surface area contributed by atoms with E-state index in [1.165, 1.54) is 4.90 Å². The van der Waals surface area contributed by atoms with E-state index >= 15 is 0 Å². The number of imide groups is 1. The first-order valence-electron chi connectivity index (χ1n) is 6.18. The normalized spacial score (nSPS) is 31.8. The molecule has 1 saturated heterocycles. The fraction of sp³-hybridized carbons (Fsp3) is 0.833. The van der Waals surface area contributed by atoms with Crippen LogP contribution < -0.4 is 0 Å². The van der Waals surface area contributed by atoms with E-state index in [1.54, 1.807) is 0 Å². The number of fused-ring (bicyclic) bond motifs is 1. The quantitative estimate of drug-likeness (QED) is 0.727. The average molecular weight is 225 g/mol. The van der Waals surface area contributed by atoms with Crippen LogP contribution in [-0.2, 0) is 9.59 Å². The third-order valence-electron chi connectivity index (χ3n) is 3.92. The minimum Gasteiger partial charge on any atom is -0.394 e. The molecule has 0 aromatic heterocycles. The van der Waals surface area contributed by atoms with Gasteiger partial charge in [-0.2, -0.15) is 0 Å². The zero-order chi connectivity index (χ0) is 11.7. The molecule has 1 aliphatic heterocycles. The molecule has 16 heavy (non-hydrogen) atoms. The van der Waals surface area contributed by atoms with Crippen LogP contribution in [0.4, 0.5) is 0 Å². The average Bonchev–Trinajstić information content (AvgIpc) is 2.57. The second-order valence-electron chi connectivity index (χ2n) is 4.79. The number of nitrogens with zero attached hydrogens (tertiary/aromatic N) is 1. The van der Waals surface area contributed by atoms with Crippen LogP contribution in [0.3, 0.4) is 0 Å². The summed E-state index contributed by atoms with van der Waals surface area (Å²) >= 11 is 0. The number of rotatable bonds is 3. The van der Waals surface area contributed by atoms with Gasteiger partial charge in [-0.3, -0.25) is 14.5 Å². The lowest BCUT2D eigenvalue weighted by Crippen LogP contribution is -2.42. The van der Waals surface area contributed by atoms with Crippen LogP contribution in [0.15, 0.2) is 0 Å². The molecule has 2 fully saturated rings. The topological polar surface area (TPSA) is 57.6 Å². The van der Waals surface area contributed by atoms with Crippen molar-refractivity contribution in [2.75, 3.05) is 6.61 Å². The predicted octanol–water partition coefficient (Wildman–Crippen LogP) is 0.932. The van der Waals surface area contributed by atoms with Crippen molar-refractivity contribution in [2.24, 2.45) is 11.8 Å². The van der Waals surface area contributed by atoms with Gasteiger partial charge in [-0.25, -0.2) is 0 Å². The number of aliphatic hydroxyl groups is 1. The van der Waals surface area contributed by atoms with Crippen molar-refractivity contribution in [3.8, 4) is 0 Å². The van der Waals surface area contributed by atoms with Gasteiger partial charge in [-0.05, 0) is 19.3 Å². The molecule has 0 aromatic carbocycles. The summed E-state index contributed by atoms with van der Waals surface area (Å²) < 4.78 is 0. The molecule has 1 heterocycles. The molecule has 2 rings (SSSR count). The number of aliphatic hydroxyl groups excluding tert-OH is 1. The van der Waals surface area contributed by atoms with Gasteiger partial charge in [0.05, 0.1) is 24.5 Å². The zero-order valence-electron chi connectivity index (χ0n) is 9.69. The Morgan fingerprint density at radius 3 is 2.12 bits per heavy atom. The highest BCUT2D eigenvalue weighted by molar-refractivity contribution is 6.05. The van der Waals surface area contributed by atoms with Crippen LogP contribution in [0.25, 0.3) is 0 Å². The van der Waals surface area contributed by atoms with E-state index in [4.69, 9.17) is 0 Å². The number of carbonyl (C=O) groups excluding carboxylic acids is 2. The van der Waals surface area contributed by atoms with E-state index in [0.717, 1.165) is 25.7 Å². The van der Waals surface area contributed by atoms with Gasteiger partial charge in [0.15, 0.2) is 0 Å². The lowest BCUT2D eigenvalue weighted by Gasteiger charge is -2.23. The number of amides is 2. The van der Waals surface area contributed by atoms with Crippen molar-refractivity contribution in [1.82, 2.24) is 4.90 Å². The molecule has 3 atom stereocenters. The van der Waals surface area contributed by atoms with E-state index < -0.39 is 0 Å². The Hall–Kier alpha value is -0.900. The summed E-state index contributed by atoms with van der Waals surface area (Å²) in [6.07, 6.45) is 4.41. The van der Waals surface area contributed by atoms with Gasteiger partial charge in [0, 0.05) is 0 Å². The first-order valence-corrected chi connectivity index (χ1v) is 6.18. The molecule has 0 bridgehead atoms. The number of hydrogen-bond acceptors (Lipinski definition) is 3. The Morgan fingerprint density at radius 1 is 1.25 bits per heavy atom. The van der Waals surface area contributed by atoms with Gasteiger partial charge in [0.2, 0.25) is 11.8 Å². The fourth-order valence-electron chi connectivity index (χ4n) is 2.94. The highest BCUT2D eigenvalue weighted by Crippen LogP contribution is 2.39. The summed E-state index contributed by atoms with van der Waals surface area (Å²) in [5.41, 5.74) is 0. The van der Waals surface area contributed by atoms with E-state index in [1.807, 2.05) is 6.92 Å². The molecule has 0 aromatic rings. The molecule has 4 heteroatoms. The molecular weight excluding hydrogens is 206 g/mol. The lowest BCUT2D eigenvalue weighted by molar-refractivity contribution is -0.143. The molecule has 90 valence electrons. The lowest BCUT2D eigenvalue weighted by atomic mass is 9.81. The van der Waals surface area contributed by atoms with E-state index in [2.05, 4.69) is 0 Å². The van der Waals surface area contributed by atoms with E-state index in [9.17, 15) is 14.7 Å². The maximum absolute atomic E-state index is 12.1. The molecule has 2 aliphatic rings. The van der Waals surface area contributed by atoms with Crippen LogP contribution in [0.5, 0.6) is 0 Å². The maximum atomic E-state index is 12.1. The van der Waals surface area contributed by atoms with Gasteiger partial charge in [-0.1, -0.05) is 19.8 Å². The smallest absolute Gasteiger partial charge is 0.233 e. The van der Waals surface area contributed by atoms with Crippen LogP contribution in [0, 0.1) is 11.8 Å². The predicted molar refractivity (Wildman–Crippen MR) is 58.5 cm³/mol. The van der Waals surface area contributed by atoms with Crippen LogP contribution >= 0.6 is 0 Å². The summed E-state index contributed by atoms with van der Waals surface area (Å²) in [5.74, 6) is -0.282. The van der Waals surface area contributed by atoms with Crippen molar-refractivity contribution in [2.45, 2.75) is 45.1 Å². The Bertz CT molecular complexity index is 275. The van der Waals surface area contributed by atoms with Crippen molar-refractivity contribution >= 4 is 11.8 Å². The van der Waals surface area contributed by atoms with Gasteiger partial charge >= 0.3 is 0 Å². The van der Waals surface area contributed by atoms with Crippen LogP contribution in [0.2, 0.25) is 0 Å². The van der Waals surface area contributed by atoms with E-state index in [-0.39, 0.29) is 36.3 Å². The molecule has 1 aliphatic carbocycles. The molecule has 1 N–H and O–H groups in total. The Kier molecular flexibility index (Phi) is 3.28. The first kappa shape index (κ1) is 11.6. The zero-order valence-corrected chi connectivity index (χ0v) is 9.69. The van der Waals surface area contributed by atoms with Crippen LogP contribution in [0.1, 0.15) is 39.0 Å².